The number of nitrogens with one attached hydrogen (secondary N) is 1. The Bertz CT molecular complexity index is 932. The van der Waals surface area contributed by atoms with Gasteiger partial charge in [0.2, 0.25) is 5.91 Å². The Morgan fingerprint density at radius 1 is 1.32 bits per heavy atom. The predicted octanol–water partition coefficient (Wildman–Crippen LogP) is 3.59. The SMILES string of the molecule is Cc1cnc(NC(=O)Cc2cc(OC3CCCC3)cc(Cn3cccn3)n2)s1. The van der Waals surface area contributed by atoms with Crippen molar-refractivity contribution in [2.75, 3.05) is 5.32 Å². The van der Waals surface area contributed by atoms with Crippen LogP contribution < -0.4 is 10.1 Å². The summed E-state index contributed by atoms with van der Waals surface area (Å²) in [6.45, 7) is 2.50. The molecule has 0 spiro atoms. The first-order valence-corrected chi connectivity index (χ1v) is 10.3. The predicted molar refractivity (Wildman–Crippen MR) is 108 cm³/mol. The summed E-state index contributed by atoms with van der Waals surface area (Å²) in [4.78, 5) is 22.3. The number of amides is 1. The lowest BCUT2D eigenvalue weighted by Crippen LogP contribution is -2.17. The van der Waals surface area contributed by atoms with Gasteiger partial charge in [-0.15, -0.1) is 11.3 Å². The minimum absolute atomic E-state index is 0.134. The number of thiazole rings is 1. The van der Waals surface area contributed by atoms with Crippen LogP contribution in [-0.2, 0) is 17.8 Å². The second kappa shape index (κ2) is 8.52. The van der Waals surface area contributed by atoms with Crippen molar-refractivity contribution >= 4 is 22.4 Å². The van der Waals surface area contributed by atoms with Crippen molar-refractivity contribution in [1.82, 2.24) is 19.7 Å². The molecule has 0 aromatic carbocycles. The summed E-state index contributed by atoms with van der Waals surface area (Å²) in [5, 5.41) is 7.69. The number of rotatable bonds is 7. The first kappa shape index (κ1) is 18.6. The molecular formula is C20H23N5O2S. The van der Waals surface area contributed by atoms with Crippen molar-refractivity contribution in [1.29, 1.82) is 0 Å². The highest BCUT2D eigenvalue weighted by atomic mass is 32.1. The number of aryl methyl sites for hydroxylation is 1. The minimum Gasteiger partial charge on any atom is -0.490 e. The number of hydrogen-bond donors (Lipinski definition) is 1. The minimum atomic E-state index is -0.134. The van der Waals surface area contributed by atoms with Crippen LogP contribution in [0, 0.1) is 6.92 Å². The van der Waals surface area contributed by atoms with E-state index in [-0.39, 0.29) is 18.4 Å². The molecule has 28 heavy (non-hydrogen) atoms. The summed E-state index contributed by atoms with van der Waals surface area (Å²) in [5.74, 6) is 0.641. The zero-order valence-electron chi connectivity index (χ0n) is 15.8. The number of anilines is 1. The summed E-state index contributed by atoms with van der Waals surface area (Å²) < 4.78 is 7.98. The third kappa shape index (κ3) is 4.95. The van der Waals surface area contributed by atoms with E-state index in [1.807, 2.05) is 36.0 Å². The van der Waals surface area contributed by atoms with E-state index in [0.717, 1.165) is 29.2 Å². The van der Waals surface area contributed by atoms with Crippen molar-refractivity contribution in [2.45, 2.75) is 51.7 Å². The van der Waals surface area contributed by atoms with Gasteiger partial charge in [0.25, 0.3) is 0 Å². The Morgan fingerprint density at radius 2 is 2.14 bits per heavy atom. The highest BCUT2D eigenvalue weighted by Gasteiger charge is 2.18. The Balaban J connectivity index is 1.50. The molecular weight excluding hydrogens is 374 g/mol. The van der Waals surface area contributed by atoms with Gasteiger partial charge in [-0.25, -0.2) is 4.98 Å². The molecule has 0 atom stereocenters. The van der Waals surface area contributed by atoms with Gasteiger partial charge in [-0.05, 0) is 38.7 Å². The third-order valence-electron chi connectivity index (χ3n) is 4.60. The van der Waals surface area contributed by atoms with E-state index in [1.54, 1.807) is 12.4 Å². The van der Waals surface area contributed by atoms with Crippen molar-refractivity contribution < 1.29 is 9.53 Å². The van der Waals surface area contributed by atoms with Gasteiger partial charge in [-0.1, -0.05) is 0 Å². The van der Waals surface area contributed by atoms with Crippen LogP contribution in [0.2, 0.25) is 0 Å². The molecule has 3 aromatic rings. The normalized spacial score (nSPS) is 14.3. The van der Waals surface area contributed by atoms with Gasteiger partial charge in [-0.3, -0.25) is 14.5 Å². The van der Waals surface area contributed by atoms with Gasteiger partial charge in [-0.2, -0.15) is 5.10 Å². The number of pyridine rings is 1. The first-order valence-electron chi connectivity index (χ1n) is 9.50. The van der Waals surface area contributed by atoms with Gasteiger partial charge in [0.05, 0.1) is 30.5 Å². The molecule has 7 nitrogen and oxygen atoms in total. The molecule has 8 heteroatoms. The maximum atomic E-state index is 12.4. The van der Waals surface area contributed by atoms with E-state index in [0.29, 0.717) is 17.4 Å². The fourth-order valence-electron chi connectivity index (χ4n) is 3.36. The molecule has 4 rings (SSSR count). The fraction of sp³-hybridized carbons (Fsp3) is 0.400. The van der Waals surface area contributed by atoms with Gasteiger partial charge in [0.1, 0.15) is 5.75 Å². The average molecular weight is 398 g/mol. The van der Waals surface area contributed by atoms with Crippen LogP contribution in [0.25, 0.3) is 0 Å². The quantitative estimate of drug-likeness (QED) is 0.659. The molecule has 0 saturated heterocycles. The lowest BCUT2D eigenvalue weighted by molar-refractivity contribution is -0.115. The maximum Gasteiger partial charge on any atom is 0.232 e. The number of carbonyl (C=O) groups is 1. The monoisotopic (exact) mass is 397 g/mol. The standard InChI is InChI=1S/C20H23N5O2S/c1-14-12-21-20(28-14)24-19(26)11-15-9-18(27-17-5-2-3-6-17)10-16(23-15)13-25-8-4-7-22-25/h4,7-10,12,17H,2-3,5-6,11,13H2,1H3,(H,21,24,26). The van der Waals surface area contributed by atoms with Crippen LogP contribution in [0.3, 0.4) is 0 Å². The lowest BCUT2D eigenvalue weighted by Gasteiger charge is -2.15. The van der Waals surface area contributed by atoms with Crippen molar-refractivity contribution in [3.8, 4) is 5.75 Å². The summed E-state index contributed by atoms with van der Waals surface area (Å²) >= 11 is 1.46. The fourth-order valence-corrected chi connectivity index (χ4v) is 4.04. The van der Waals surface area contributed by atoms with Crippen LogP contribution in [0.1, 0.15) is 41.9 Å². The van der Waals surface area contributed by atoms with Crippen LogP contribution >= 0.6 is 11.3 Å². The van der Waals surface area contributed by atoms with Crippen molar-refractivity contribution in [3.05, 3.63) is 53.1 Å². The number of hydrogen-bond acceptors (Lipinski definition) is 6. The summed E-state index contributed by atoms with van der Waals surface area (Å²) in [6.07, 6.45) is 10.4. The summed E-state index contributed by atoms with van der Waals surface area (Å²) in [5.41, 5.74) is 1.51. The average Bonchev–Trinajstić information content (AvgIpc) is 3.39. The largest absolute Gasteiger partial charge is 0.490 e. The van der Waals surface area contributed by atoms with E-state index in [4.69, 9.17) is 4.74 Å². The van der Waals surface area contributed by atoms with E-state index < -0.39 is 0 Å². The molecule has 0 unspecified atom stereocenters. The Hall–Kier alpha value is -2.74. The topological polar surface area (TPSA) is 81.9 Å². The Labute approximate surface area is 167 Å². The van der Waals surface area contributed by atoms with E-state index in [9.17, 15) is 4.79 Å². The van der Waals surface area contributed by atoms with Gasteiger partial charge >= 0.3 is 0 Å². The van der Waals surface area contributed by atoms with Crippen molar-refractivity contribution in [2.24, 2.45) is 0 Å². The van der Waals surface area contributed by atoms with Gasteiger partial charge < -0.3 is 10.1 Å². The second-order valence-electron chi connectivity index (χ2n) is 7.01. The first-order chi connectivity index (χ1) is 13.6. The number of nitrogens with zero attached hydrogens (tertiary/aromatic N) is 4. The van der Waals surface area contributed by atoms with Crippen LogP contribution in [-0.4, -0.2) is 31.8 Å². The molecule has 1 saturated carbocycles. The smallest absolute Gasteiger partial charge is 0.232 e. The lowest BCUT2D eigenvalue weighted by atomic mass is 10.2. The number of carbonyl (C=O) groups excluding carboxylic acids is 1. The Kier molecular flexibility index (Phi) is 5.66. The zero-order valence-corrected chi connectivity index (χ0v) is 16.6. The molecule has 1 aliphatic carbocycles. The molecule has 3 aromatic heterocycles. The van der Waals surface area contributed by atoms with Crippen LogP contribution in [0.4, 0.5) is 5.13 Å². The highest BCUT2D eigenvalue weighted by Crippen LogP contribution is 2.25. The number of aromatic nitrogens is 4. The molecule has 3 heterocycles. The summed E-state index contributed by atoms with van der Waals surface area (Å²) in [6, 6.07) is 5.70. The second-order valence-corrected chi connectivity index (χ2v) is 8.25. The van der Waals surface area contributed by atoms with Gasteiger partial charge in [0.15, 0.2) is 5.13 Å². The molecule has 1 aliphatic rings. The molecule has 1 amide bonds. The molecule has 0 bridgehead atoms. The Morgan fingerprint density at radius 3 is 2.86 bits per heavy atom. The highest BCUT2D eigenvalue weighted by molar-refractivity contribution is 7.15. The molecule has 0 aliphatic heterocycles. The molecule has 1 N–H and O–H groups in total. The molecule has 1 fully saturated rings. The van der Waals surface area contributed by atoms with Gasteiger partial charge in [0, 0.05) is 35.6 Å². The van der Waals surface area contributed by atoms with Crippen LogP contribution in [0.15, 0.2) is 36.8 Å². The maximum absolute atomic E-state index is 12.4. The van der Waals surface area contributed by atoms with Crippen LogP contribution in [0.5, 0.6) is 5.75 Å². The molecule has 0 radical (unpaired) electrons. The van der Waals surface area contributed by atoms with Crippen molar-refractivity contribution in [3.63, 3.8) is 0 Å². The van der Waals surface area contributed by atoms with E-state index in [1.165, 1.54) is 24.2 Å². The third-order valence-corrected chi connectivity index (χ3v) is 5.43. The molecule has 146 valence electrons. The zero-order chi connectivity index (χ0) is 19.3. The van der Waals surface area contributed by atoms with E-state index in [2.05, 4.69) is 20.4 Å². The summed E-state index contributed by atoms with van der Waals surface area (Å²) in [7, 11) is 0. The number of ether oxygens (including phenoxy) is 1. The van der Waals surface area contributed by atoms with E-state index >= 15 is 0 Å².